The monoisotopic (exact) mass is 403 g/mol. The largest absolute Gasteiger partial charge is 0.469 e. The Morgan fingerprint density at radius 1 is 1.43 bits per heavy atom. The molecule has 0 aliphatic heterocycles. The van der Waals surface area contributed by atoms with E-state index in [0.29, 0.717) is 28.1 Å². The lowest BCUT2D eigenvalue weighted by Gasteiger charge is -2.06. The van der Waals surface area contributed by atoms with Crippen LogP contribution < -0.4 is 10.7 Å². The zero-order valence-corrected chi connectivity index (χ0v) is 15.2. The van der Waals surface area contributed by atoms with Gasteiger partial charge in [0.15, 0.2) is 5.11 Å². The number of nitrogens with zero attached hydrogens (tertiary/aromatic N) is 1. The number of nitrogens with one attached hydrogen (secondary N) is 2. The third kappa shape index (κ3) is 8.61. The number of methoxy groups -OCH3 is 1. The van der Waals surface area contributed by atoms with Crippen molar-refractivity contribution in [1.82, 2.24) is 10.7 Å². The van der Waals surface area contributed by atoms with Crippen molar-refractivity contribution in [2.75, 3.05) is 13.7 Å². The first-order valence-corrected chi connectivity index (χ1v) is 8.32. The van der Waals surface area contributed by atoms with Gasteiger partial charge in [0, 0.05) is 23.0 Å². The summed E-state index contributed by atoms with van der Waals surface area (Å²) in [6.07, 6.45) is 4.37. The van der Waals surface area contributed by atoms with E-state index < -0.39 is 0 Å². The van der Waals surface area contributed by atoms with Gasteiger partial charge < -0.3 is 10.1 Å². The zero-order chi connectivity index (χ0) is 17.1. The smallest absolute Gasteiger partial charge is 0.305 e. The molecule has 0 aliphatic rings. The summed E-state index contributed by atoms with van der Waals surface area (Å²) in [5, 5.41) is 7.24. The van der Waals surface area contributed by atoms with Crippen LogP contribution in [0.5, 0.6) is 0 Å². The van der Waals surface area contributed by atoms with Crippen molar-refractivity contribution < 1.29 is 13.9 Å². The molecule has 1 aromatic rings. The molecule has 0 aliphatic carbocycles. The normalized spacial score (nSPS) is 10.6. The maximum atomic E-state index is 13.5. The highest BCUT2D eigenvalue weighted by Gasteiger charge is 2.01. The fourth-order valence-corrected chi connectivity index (χ4v) is 2.17. The number of thiocarbonyl (C=S) groups is 1. The third-order valence-corrected chi connectivity index (χ3v) is 3.63. The Labute approximate surface area is 148 Å². The molecule has 0 spiro atoms. The van der Waals surface area contributed by atoms with E-state index in [1.807, 2.05) is 0 Å². The van der Waals surface area contributed by atoms with E-state index in [1.54, 1.807) is 12.1 Å². The number of esters is 1. The number of carbonyl (C=O) groups excluding carboxylic acids is 1. The van der Waals surface area contributed by atoms with Crippen molar-refractivity contribution in [3.63, 3.8) is 0 Å². The molecule has 126 valence electrons. The molecule has 0 saturated heterocycles. The molecule has 1 aromatic carbocycles. The quantitative estimate of drug-likeness (QED) is 0.229. The zero-order valence-electron chi connectivity index (χ0n) is 12.8. The van der Waals surface area contributed by atoms with Crippen molar-refractivity contribution in [3.05, 3.63) is 34.1 Å². The number of benzene rings is 1. The van der Waals surface area contributed by atoms with Gasteiger partial charge in [-0.15, -0.1) is 0 Å². The highest BCUT2D eigenvalue weighted by Crippen LogP contribution is 2.13. The van der Waals surface area contributed by atoms with Crippen LogP contribution in [0.15, 0.2) is 27.8 Å². The Balaban J connectivity index is 2.17. The second-order valence-electron chi connectivity index (χ2n) is 4.68. The lowest BCUT2D eigenvalue weighted by atomic mass is 10.2. The van der Waals surface area contributed by atoms with Crippen LogP contribution >= 0.6 is 28.1 Å². The van der Waals surface area contributed by atoms with Gasteiger partial charge in [0.2, 0.25) is 0 Å². The average Bonchev–Trinajstić information content (AvgIpc) is 2.52. The SMILES string of the molecule is COC(=O)CCCCCNC(=S)N/N=C\c1ccc(Br)cc1F. The van der Waals surface area contributed by atoms with Gasteiger partial charge >= 0.3 is 5.97 Å². The Hall–Kier alpha value is -1.54. The Kier molecular flexibility index (Phi) is 9.39. The van der Waals surface area contributed by atoms with Gasteiger partial charge in [-0.25, -0.2) is 4.39 Å². The number of hydrogen-bond donors (Lipinski definition) is 2. The predicted octanol–water partition coefficient (Wildman–Crippen LogP) is 3.12. The van der Waals surface area contributed by atoms with Crippen LogP contribution in [0, 0.1) is 5.82 Å². The Morgan fingerprint density at radius 2 is 2.22 bits per heavy atom. The van der Waals surface area contributed by atoms with Crippen molar-refractivity contribution in [2.24, 2.45) is 5.10 Å². The third-order valence-electron chi connectivity index (χ3n) is 2.90. The van der Waals surface area contributed by atoms with Crippen molar-refractivity contribution in [3.8, 4) is 0 Å². The van der Waals surface area contributed by atoms with Crippen LogP contribution in [0.3, 0.4) is 0 Å². The number of hydrazone groups is 1. The van der Waals surface area contributed by atoms with E-state index in [1.165, 1.54) is 19.4 Å². The minimum atomic E-state index is -0.366. The van der Waals surface area contributed by atoms with Crippen LogP contribution in [0.1, 0.15) is 31.2 Å². The van der Waals surface area contributed by atoms with Gasteiger partial charge in [-0.1, -0.05) is 22.4 Å². The first-order valence-electron chi connectivity index (χ1n) is 7.11. The summed E-state index contributed by atoms with van der Waals surface area (Å²) < 4.78 is 18.8. The second kappa shape index (κ2) is 11.1. The first-order chi connectivity index (χ1) is 11.0. The Morgan fingerprint density at radius 3 is 2.91 bits per heavy atom. The number of carbonyl (C=O) groups is 1. The van der Waals surface area contributed by atoms with Crippen LogP contribution in [-0.2, 0) is 9.53 Å². The topological polar surface area (TPSA) is 62.7 Å². The number of ether oxygens (including phenoxy) is 1. The molecule has 0 radical (unpaired) electrons. The molecule has 0 aromatic heterocycles. The van der Waals surface area contributed by atoms with Gasteiger partial charge in [-0.2, -0.15) is 5.10 Å². The Bertz CT molecular complexity index is 570. The van der Waals surface area contributed by atoms with Crippen molar-refractivity contribution >= 4 is 45.4 Å². The molecular weight excluding hydrogens is 385 g/mol. The summed E-state index contributed by atoms with van der Waals surface area (Å²) in [5.74, 6) is -0.556. The maximum absolute atomic E-state index is 13.5. The summed E-state index contributed by atoms with van der Waals surface area (Å²) in [5.41, 5.74) is 3.00. The summed E-state index contributed by atoms with van der Waals surface area (Å²) in [6.45, 7) is 0.676. The minimum Gasteiger partial charge on any atom is -0.469 e. The summed E-state index contributed by atoms with van der Waals surface area (Å²) in [7, 11) is 1.38. The lowest BCUT2D eigenvalue weighted by molar-refractivity contribution is -0.140. The van der Waals surface area contributed by atoms with Gasteiger partial charge in [0.05, 0.1) is 13.3 Å². The molecule has 0 bridgehead atoms. The molecule has 0 saturated carbocycles. The van der Waals surface area contributed by atoms with E-state index in [2.05, 4.69) is 36.5 Å². The van der Waals surface area contributed by atoms with Crippen LogP contribution in [0.2, 0.25) is 0 Å². The standard InChI is InChI=1S/C15H19BrFN3O2S/c1-22-14(21)5-3-2-4-8-18-15(23)20-19-10-11-6-7-12(16)9-13(11)17/h6-7,9-10H,2-5,8H2,1H3,(H2,18,20,23)/b19-10-. The van der Waals surface area contributed by atoms with Crippen molar-refractivity contribution in [2.45, 2.75) is 25.7 Å². The van der Waals surface area contributed by atoms with Crippen LogP contribution in [0.4, 0.5) is 4.39 Å². The molecule has 1 rings (SSSR count). The van der Waals surface area contributed by atoms with Crippen LogP contribution in [0.25, 0.3) is 0 Å². The molecule has 0 heterocycles. The van der Waals surface area contributed by atoms with Gasteiger partial charge in [0.1, 0.15) is 5.82 Å². The predicted molar refractivity (Wildman–Crippen MR) is 95.9 cm³/mol. The highest BCUT2D eigenvalue weighted by molar-refractivity contribution is 9.10. The number of hydrogen-bond acceptors (Lipinski definition) is 4. The molecule has 8 heteroatoms. The lowest BCUT2D eigenvalue weighted by Crippen LogP contribution is -2.32. The number of rotatable bonds is 8. The fraction of sp³-hybridized carbons (Fsp3) is 0.400. The average molecular weight is 404 g/mol. The molecule has 2 N–H and O–H groups in total. The second-order valence-corrected chi connectivity index (χ2v) is 6.00. The molecule has 0 fully saturated rings. The highest BCUT2D eigenvalue weighted by atomic mass is 79.9. The van der Waals surface area contributed by atoms with E-state index >= 15 is 0 Å². The first kappa shape index (κ1) is 19.5. The van der Waals surface area contributed by atoms with Gasteiger partial charge in [0.25, 0.3) is 0 Å². The molecule has 0 amide bonds. The van der Waals surface area contributed by atoms with Gasteiger partial charge in [-0.3, -0.25) is 10.2 Å². The molecule has 0 unspecified atom stereocenters. The summed E-state index contributed by atoms with van der Waals surface area (Å²) in [4.78, 5) is 10.9. The fourth-order valence-electron chi connectivity index (χ4n) is 1.68. The maximum Gasteiger partial charge on any atom is 0.305 e. The van der Waals surface area contributed by atoms with E-state index in [4.69, 9.17) is 12.2 Å². The molecular formula is C15H19BrFN3O2S. The van der Waals surface area contributed by atoms with Crippen molar-refractivity contribution in [1.29, 1.82) is 0 Å². The van der Waals surface area contributed by atoms with E-state index in [9.17, 15) is 9.18 Å². The van der Waals surface area contributed by atoms with E-state index in [0.717, 1.165) is 19.3 Å². The summed E-state index contributed by atoms with van der Waals surface area (Å²) in [6, 6.07) is 4.71. The molecule has 5 nitrogen and oxygen atoms in total. The van der Waals surface area contributed by atoms with E-state index in [-0.39, 0.29) is 11.8 Å². The minimum absolute atomic E-state index is 0.190. The molecule has 0 atom stereocenters. The number of halogens is 2. The summed E-state index contributed by atoms with van der Waals surface area (Å²) >= 11 is 8.24. The molecule has 23 heavy (non-hydrogen) atoms. The van der Waals surface area contributed by atoms with Gasteiger partial charge in [-0.05, 0) is 43.3 Å². The number of unbranched alkanes of at least 4 members (excludes halogenated alkanes) is 2. The van der Waals surface area contributed by atoms with Crippen LogP contribution in [-0.4, -0.2) is 31.0 Å².